The van der Waals surface area contributed by atoms with E-state index in [-0.39, 0.29) is 24.7 Å². The highest BCUT2D eigenvalue weighted by atomic mass is 16.7. The fourth-order valence-corrected chi connectivity index (χ4v) is 4.59. The first-order valence-electron chi connectivity index (χ1n) is 9.55. The van der Waals surface area contributed by atoms with Crippen molar-refractivity contribution in [3.05, 3.63) is 52.6 Å². The third-order valence-electron chi connectivity index (χ3n) is 5.97. The van der Waals surface area contributed by atoms with Gasteiger partial charge in [0.1, 0.15) is 0 Å². The van der Waals surface area contributed by atoms with Crippen molar-refractivity contribution in [3.63, 3.8) is 0 Å². The van der Waals surface area contributed by atoms with Gasteiger partial charge in [0.2, 0.25) is 6.79 Å². The van der Waals surface area contributed by atoms with Gasteiger partial charge in [0.05, 0.1) is 12.1 Å². The van der Waals surface area contributed by atoms with Crippen LogP contribution in [0.5, 0.6) is 11.5 Å². The van der Waals surface area contributed by atoms with Crippen molar-refractivity contribution in [1.82, 2.24) is 0 Å². The maximum Gasteiger partial charge on any atom is 0.231 e. The largest absolute Gasteiger partial charge is 0.454 e. The van der Waals surface area contributed by atoms with Crippen molar-refractivity contribution in [2.45, 2.75) is 38.8 Å². The number of anilines is 1. The molecule has 5 rings (SSSR count). The predicted octanol–water partition coefficient (Wildman–Crippen LogP) is 4.56. The maximum absolute atomic E-state index is 11.8. The highest BCUT2D eigenvalue weighted by Gasteiger charge is 2.41. The number of hydrogen-bond acceptors (Lipinski definition) is 5. The van der Waals surface area contributed by atoms with Gasteiger partial charge in [-0.2, -0.15) is 0 Å². The molecule has 0 aliphatic carbocycles. The van der Waals surface area contributed by atoms with Gasteiger partial charge in [0.25, 0.3) is 0 Å². The van der Waals surface area contributed by atoms with Gasteiger partial charge in [-0.1, -0.05) is 0 Å². The van der Waals surface area contributed by atoms with Crippen LogP contribution < -0.4 is 14.8 Å². The van der Waals surface area contributed by atoms with Crippen LogP contribution in [0.25, 0.3) is 0 Å². The number of Topliss-reactive ketones (excluding diaryl/α,β-unsaturated/α-hetero) is 1. The van der Waals surface area contributed by atoms with E-state index in [0.717, 1.165) is 47.8 Å². The Hall–Kier alpha value is -2.53. The van der Waals surface area contributed by atoms with E-state index in [1.165, 1.54) is 11.1 Å². The normalized spacial score (nSPS) is 25.3. The lowest BCUT2D eigenvalue weighted by Crippen LogP contribution is -2.36. The molecule has 140 valence electrons. The number of ether oxygens (including phenoxy) is 3. The van der Waals surface area contributed by atoms with Crippen molar-refractivity contribution in [2.75, 3.05) is 18.7 Å². The average molecular weight is 365 g/mol. The number of nitrogens with one attached hydrogen (secondary N) is 1. The van der Waals surface area contributed by atoms with Gasteiger partial charge in [0, 0.05) is 29.3 Å². The Morgan fingerprint density at radius 1 is 1.11 bits per heavy atom. The van der Waals surface area contributed by atoms with Crippen LogP contribution in [0.3, 0.4) is 0 Å². The second-order valence-electron chi connectivity index (χ2n) is 7.64. The number of fused-ring (bicyclic) bond motifs is 4. The molecule has 3 aliphatic rings. The average Bonchev–Trinajstić information content (AvgIpc) is 3.13. The summed E-state index contributed by atoms with van der Waals surface area (Å²) in [6, 6.07) is 10.2. The lowest BCUT2D eigenvalue weighted by molar-refractivity contribution is -0.0382. The summed E-state index contributed by atoms with van der Waals surface area (Å²) in [4.78, 5) is 11.8. The third-order valence-corrected chi connectivity index (χ3v) is 5.97. The number of carbonyl (C=O) groups excluding carboxylic acids is 1. The lowest BCUT2D eigenvalue weighted by Gasteiger charge is -2.44. The summed E-state index contributed by atoms with van der Waals surface area (Å²) in [7, 11) is 0. The molecule has 1 saturated heterocycles. The molecule has 5 heteroatoms. The molecular formula is C22H23NO4. The smallest absolute Gasteiger partial charge is 0.231 e. The monoisotopic (exact) mass is 365 g/mol. The van der Waals surface area contributed by atoms with Crippen molar-refractivity contribution < 1.29 is 19.0 Å². The number of benzene rings is 2. The van der Waals surface area contributed by atoms with Gasteiger partial charge < -0.3 is 19.5 Å². The van der Waals surface area contributed by atoms with E-state index in [9.17, 15) is 4.79 Å². The molecular weight excluding hydrogens is 342 g/mol. The molecule has 0 amide bonds. The lowest BCUT2D eigenvalue weighted by atomic mass is 9.76. The predicted molar refractivity (Wildman–Crippen MR) is 102 cm³/mol. The van der Waals surface area contributed by atoms with Gasteiger partial charge in [-0.05, 0) is 68.1 Å². The summed E-state index contributed by atoms with van der Waals surface area (Å²) >= 11 is 0. The van der Waals surface area contributed by atoms with Crippen LogP contribution in [0, 0.1) is 12.8 Å². The molecule has 1 N–H and O–H groups in total. The molecule has 0 radical (unpaired) electrons. The zero-order valence-electron chi connectivity index (χ0n) is 15.6. The van der Waals surface area contributed by atoms with Crippen LogP contribution in [0.15, 0.2) is 30.3 Å². The van der Waals surface area contributed by atoms with Crippen LogP contribution in [-0.4, -0.2) is 19.2 Å². The van der Waals surface area contributed by atoms with Crippen molar-refractivity contribution in [2.24, 2.45) is 5.92 Å². The minimum absolute atomic E-state index is 0.00382. The summed E-state index contributed by atoms with van der Waals surface area (Å²) in [5.74, 6) is 2.02. The number of ketones is 1. The van der Waals surface area contributed by atoms with E-state index in [2.05, 4.69) is 24.4 Å². The minimum Gasteiger partial charge on any atom is -0.454 e. The summed E-state index contributed by atoms with van der Waals surface area (Å²) in [5.41, 5.74) is 5.29. The quantitative estimate of drug-likeness (QED) is 0.791. The number of rotatable bonds is 2. The van der Waals surface area contributed by atoms with Crippen LogP contribution in [0.2, 0.25) is 0 Å². The molecule has 0 spiro atoms. The molecule has 3 unspecified atom stereocenters. The van der Waals surface area contributed by atoms with Gasteiger partial charge in [-0.3, -0.25) is 4.79 Å². The molecule has 2 aromatic carbocycles. The molecule has 3 heterocycles. The van der Waals surface area contributed by atoms with Crippen molar-refractivity contribution >= 4 is 11.5 Å². The molecule has 0 bridgehead atoms. The maximum atomic E-state index is 11.8. The minimum atomic E-state index is 0.00382. The van der Waals surface area contributed by atoms with E-state index >= 15 is 0 Å². The molecule has 0 aromatic heterocycles. The summed E-state index contributed by atoms with van der Waals surface area (Å²) in [5, 5.41) is 3.72. The number of carbonyl (C=O) groups is 1. The fraction of sp³-hybridized carbons (Fsp3) is 0.409. The van der Waals surface area contributed by atoms with Crippen molar-refractivity contribution in [1.29, 1.82) is 0 Å². The third kappa shape index (κ3) is 2.69. The van der Waals surface area contributed by atoms with E-state index in [1.807, 2.05) is 18.2 Å². The first-order chi connectivity index (χ1) is 13.1. The molecule has 3 atom stereocenters. The Morgan fingerprint density at radius 2 is 1.93 bits per heavy atom. The molecule has 5 nitrogen and oxygen atoms in total. The standard InChI is InChI=1S/C22H23NO4/c1-12-8-19-20(27-11-26-19)10-16(12)21-15-4-3-7-25-22(15)17-9-14(13(2)24)5-6-18(17)23-21/h5-6,8-10,15,21-23H,3-4,7,11H2,1-2H3. The van der Waals surface area contributed by atoms with E-state index in [0.29, 0.717) is 5.92 Å². The molecule has 2 aromatic rings. The summed E-state index contributed by atoms with van der Waals surface area (Å²) in [6.07, 6.45) is 2.13. The van der Waals surface area contributed by atoms with Gasteiger partial charge >= 0.3 is 0 Å². The van der Waals surface area contributed by atoms with Crippen LogP contribution in [0.4, 0.5) is 5.69 Å². The molecule has 1 fully saturated rings. The first-order valence-corrected chi connectivity index (χ1v) is 9.55. The topological polar surface area (TPSA) is 56.8 Å². The SMILES string of the molecule is CC(=O)c1ccc2c(c1)C1OCCCC1C(c1cc3c(cc1C)OCO3)N2. The van der Waals surface area contributed by atoms with Gasteiger partial charge in [-0.25, -0.2) is 0 Å². The highest BCUT2D eigenvalue weighted by molar-refractivity contribution is 5.94. The Morgan fingerprint density at radius 3 is 2.74 bits per heavy atom. The molecule has 27 heavy (non-hydrogen) atoms. The summed E-state index contributed by atoms with van der Waals surface area (Å²) < 4.78 is 17.4. The number of aryl methyl sites for hydroxylation is 1. The highest BCUT2D eigenvalue weighted by Crippen LogP contribution is 2.51. The number of hydrogen-bond donors (Lipinski definition) is 1. The molecule has 0 saturated carbocycles. The van der Waals surface area contributed by atoms with Crippen molar-refractivity contribution in [3.8, 4) is 11.5 Å². The van der Waals surface area contributed by atoms with Crippen LogP contribution in [-0.2, 0) is 4.74 Å². The van der Waals surface area contributed by atoms with Crippen LogP contribution in [0.1, 0.15) is 59.0 Å². The van der Waals surface area contributed by atoms with E-state index in [1.54, 1.807) is 6.92 Å². The summed E-state index contributed by atoms with van der Waals surface area (Å²) in [6.45, 7) is 4.77. The second-order valence-corrected chi connectivity index (χ2v) is 7.64. The Kier molecular flexibility index (Phi) is 3.86. The Labute approximate surface area is 158 Å². The van der Waals surface area contributed by atoms with E-state index < -0.39 is 0 Å². The zero-order chi connectivity index (χ0) is 18.5. The van der Waals surface area contributed by atoms with E-state index in [4.69, 9.17) is 14.2 Å². The first kappa shape index (κ1) is 16.6. The molecule has 3 aliphatic heterocycles. The second kappa shape index (κ2) is 6.27. The van der Waals surface area contributed by atoms with Crippen LogP contribution >= 0.6 is 0 Å². The van der Waals surface area contributed by atoms with Gasteiger partial charge in [0.15, 0.2) is 17.3 Å². The zero-order valence-corrected chi connectivity index (χ0v) is 15.6. The Balaban J connectivity index is 1.60. The Bertz CT molecular complexity index is 923. The fourth-order valence-electron chi connectivity index (χ4n) is 4.59. The van der Waals surface area contributed by atoms with Gasteiger partial charge in [-0.15, -0.1) is 0 Å².